The van der Waals surface area contributed by atoms with Crippen molar-refractivity contribution in [1.82, 2.24) is 10.0 Å². The van der Waals surface area contributed by atoms with E-state index in [4.69, 9.17) is 0 Å². The number of amides is 1. The third-order valence-electron chi connectivity index (χ3n) is 4.72. The molecular weight excluding hydrogens is 416 g/mol. The number of hydrogen-bond acceptors (Lipinski definition) is 4. The van der Waals surface area contributed by atoms with Gasteiger partial charge in [0.1, 0.15) is 0 Å². The van der Waals surface area contributed by atoms with Crippen LogP contribution in [0.1, 0.15) is 47.1 Å². The second-order valence-electron chi connectivity index (χ2n) is 8.06. The third-order valence-corrected chi connectivity index (χ3v) is 7.01. The molecule has 0 unspecified atom stereocenters. The van der Waals surface area contributed by atoms with E-state index >= 15 is 0 Å². The largest absolute Gasteiger partial charge is 0.347 e. The van der Waals surface area contributed by atoms with Crippen LogP contribution in [0.15, 0.2) is 70.9 Å². The van der Waals surface area contributed by atoms with Crippen molar-refractivity contribution < 1.29 is 13.2 Å². The molecule has 0 bridgehead atoms. The van der Waals surface area contributed by atoms with Crippen LogP contribution in [0.4, 0.5) is 0 Å². The van der Waals surface area contributed by atoms with Crippen LogP contribution in [0.3, 0.4) is 0 Å². The zero-order valence-corrected chi connectivity index (χ0v) is 18.9. The minimum atomic E-state index is -3.61. The Bertz CT molecular complexity index is 1080. The Kier molecular flexibility index (Phi) is 6.75. The van der Waals surface area contributed by atoms with Gasteiger partial charge in [0, 0.05) is 17.0 Å². The monoisotopic (exact) mass is 442 g/mol. The lowest BCUT2D eigenvalue weighted by Crippen LogP contribution is -2.24. The summed E-state index contributed by atoms with van der Waals surface area (Å²) >= 11 is 1.59. The molecule has 30 heavy (non-hydrogen) atoms. The van der Waals surface area contributed by atoms with Crippen LogP contribution < -0.4 is 10.0 Å². The average Bonchev–Trinajstić information content (AvgIpc) is 3.24. The SMILES string of the molecule is CC(C)(C)c1ccc(S(=O)(=O)NCc2ccc(C(=O)NCc3cccs3)cc2)cc1. The number of nitrogens with one attached hydrogen (secondary N) is 2. The van der Waals surface area contributed by atoms with Gasteiger partial charge in [-0.25, -0.2) is 13.1 Å². The van der Waals surface area contributed by atoms with Crippen LogP contribution >= 0.6 is 11.3 Å². The number of sulfonamides is 1. The lowest BCUT2D eigenvalue weighted by atomic mass is 9.87. The summed E-state index contributed by atoms with van der Waals surface area (Å²) in [6, 6.07) is 17.8. The molecule has 3 rings (SSSR count). The molecule has 1 heterocycles. The molecule has 0 aliphatic heterocycles. The van der Waals surface area contributed by atoms with E-state index < -0.39 is 10.0 Å². The number of thiophene rings is 1. The van der Waals surface area contributed by atoms with Gasteiger partial charge in [-0.15, -0.1) is 11.3 Å². The highest BCUT2D eigenvalue weighted by molar-refractivity contribution is 7.89. The van der Waals surface area contributed by atoms with Gasteiger partial charge in [-0.3, -0.25) is 4.79 Å². The summed E-state index contributed by atoms with van der Waals surface area (Å²) in [6.45, 7) is 6.90. The van der Waals surface area contributed by atoms with Gasteiger partial charge < -0.3 is 5.32 Å². The van der Waals surface area contributed by atoms with E-state index in [9.17, 15) is 13.2 Å². The molecule has 0 spiro atoms. The standard InChI is InChI=1S/C23H26N2O3S2/c1-23(2,3)19-10-12-21(13-11-19)30(27,28)25-15-17-6-8-18(9-7-17)22(26)24-16-20-5-4-14-29-20/h4-14,25H,15-16H2,1-3H3,(H,24,26). The van der Waals surface area contributed by atoms with E-state index in [2.05, 4.69) is 30.8 Å². The normalized spacial score (nSPS) is 12.0. The van der Waals surface area contributed by atoms with Gasteiger partial charge in [-0.05, 0) is 52.3 Å². The van der Waals surface area contributed by atoms with Crippen LogP contribution in [0.25, 0.3) is 0 Å². The molecular formula is C23H26N2O3S2. The first-order chi connectivity index (χ1) is 14.1. The van der Waals surface area contributed by atoms with Gasteiger partial charge in [0.2, 0.25) is 10.0 Å². The summed E-state index contributed by atoms with van der Waals surface area (Å²) < 4.78 is 27.7. The van der Waals surface area contributed by atoms with E-state index in [0.717, 1.165) is 16.0 Å². The van der Waals surface area contributed by atoms with Crippen molar-refractivity contribution in [3.63, 3.8) is 0 Å². The van der Waals surface area contributed by atoms with Gasteiger partial charge >= 0.3 is 0 Å². The fourth-order valence-corrected chi connectivity index (χ4v) is 4.51. The molecule has 0 saturated carbocycles. The average molecular weight is 443 g/mol. The van der Waals surface area contributed by atoms with Crippen molar-refractivity contribution in [1.29, 1.82) is 0 Å². The number of benzene rings is 2. The third kappa shape index (κ3) is 5.78. The first kappa shape index (κ1) is 22.2. The van der Waals surface area contributed by atoms with E-state index in [0.29, 0.717) is 12.1 Å². The highest BCUT2D eigenvalue weighted by atomic mass is 32.2. The summed E-state index contributed by atoms with van der Waals surface area (Å²) in [5.74, 6) is -0.158. The predicted octanol–water partition coefficient (Wildman–Crippen LogP) is 4.45. The minimum Gasteiger partial charge on any atom is -0.347 e. The van der Waals surface area contributed by atoms with E-state index in [1.807, 2.05) is 29.6 Å². The van der Waals surface area contributed by atoms with Crippen LogP contribution in [-0.2, 0) is 28.5 Å². The Morgan fingerprint density at radius 3 is 2.17 bits per heavy atom. The molecule has 2 N–H and O–H groups in total. The number of hydrogen-bond donors (Lipinski definition) is 2. The molecule has 7 heteroatoms. The molecule has 5 nitrogen and oxygen atoms in total. The fraction of sp³-hybridized carbons (Fsp3) is 0.261. The van der Waals surface area contributed by atoms with Gasteiger partial charge in [-0.2, -0.15) is 0 Å². The minimum absolute atomic E-state index is 0.0342. The predicted molar refractivity (Wildman–Crippen MR) is 121 cm³/mol. The van der Waals surface area contributed by atoms with Crippen molar-refractivity contribution in [3.8, 4) is 0 Å². The van der Waals surface area contributed by atoms with Gasteiger partial charge in [0.05, 0.1) is 11.4 Å². The first-order valence-corrected chi connectivity index (χ1v) is 12.0. The van der Waals surface area contributed by atoms with Crippen molar-refractivity contribution in [2.45, 2.75) is 44.2 Å². The molecule has 3 aromatic rings. The zero-order chi connectivity index (χ0) is 21.8. The topological polar surface area (TPSA) is 75.3 Å². The quantitative estimate of drug-likeness (QED) is 0.567. The molecule has 0 fully saturated rings. The molecule has 158 valence electrons. The number of carbonyl (C=O) groups excluding carboxylic acids is 1. The highest BCUT2D eigenvalue weighted by Crippen LogP contribution is 2.23. The van der Waals surface area contributed by atoms with Crippen molar-refractivity contribution in [2.75, 3.05) is 0 Å². The van der Waals surface area contributed by atoms with Crippen LogP contribution in [0.5, 0.6) is 0 Å². The smallest absolute Gasteiger partial charge is 0.251 e. The van der Waals surface area contributed by atoms with Crippen LogP contribution in [-0.4, -0.2) is 14.3 Å². The van der Waals surface area contributed by atoms with Crippen LogP contribution in [0.2, 0.25) is 0 Å². The molecule has 1 amide bonds. The summed E-state index contributed by atoms with van der Waals surface area (Å²) in [5.41, 5.74) is 2.36. The molecule has 2 aromatic carbocycles. The fourth-order valence-electron chi connectivity index (χ4n) is 2.85. The molecule has 0 radical (unpaired) electrons. The summed E-state index contributed by atoms with van der Waals surface area (Å²) in [4.78, 5) is 13.6. The Morgan fingerprint density at radius 1 is 0.933 bits per heavy atom. The summed E-state index contributed by atoms with van der Waals surface area (Å²) in [6.07, 6.45) is 0. The maximum absolute atomic E-state index is 12.6. The second-order valence-corrected chi connectivity index (χ2v) is 10.9. The lowest BCUT2D eigenvalue weighted by Gasteiger charge is -2.19. The van der Waals surface area contributed by atoms with Crippen LogP contribution in [0, 0.1) is 0 Å². The molecule has 0 atom stereocenters. The van der Waals surface area contributed by atoms with Gasteiger partial charge in [0.25, 0.3) is 5.91 Å². The Hall–Kier alpha value is -2.48. The van der Waals surface area contributed by atoms with Gasteiger partial charge in [0.15, 0.2) is 0 Å². The molecule has 0 saturated heterocycles. The Morgan fingerprint density at radius 2 is 1.60 bits per heavy atom. The molecule has 0 aliphatic rings. The van der Waals surface area contributed by atoms with E-state index in [1.54, 1.807) is 47.7 Å². The maximum Gasteiger partial charge on any atom is 0.251 e. The summed E-state index contributed by atoms with van der Waals surface area (Å²) in [7, 11) is -3.61. The number of rotatable bonds is 7. The van der Waals surface area contributed by atoms with E-state index in [-0.39, 0.29) is 22.8 Å². The maximum atomic E-state index is 12.6. The molecule has 1 aromatic heterocycles. The van der Waals surface area contributed by atoms with Crippen molar-refractivity contribution in [3.05, 3.63) is 87.6 Å². The van der Waals surface area contributed by atoms with E-state index in [1.165, 1.54) is 0 Å². The second kappa shape index (κ2) is 9.12. The summed E-state index contributed by atoms with van der Waals surface area (Å²) in [5, 5.41) is 4.84. The lowest BCUT2D eigenvalue weighted by molar-refractivity contribution is 0.0951. The van der Waals surface area contributed by atoms with Crippen molar-refractivity contribution in [2.24, 2.45) is 0 Å². The highest BCUT2D eigenvalue weighted by Gasteiger charge is 2.17. The Labute approximate surface area is 182 Å². The Balaban J connectivity index is 1.58. The first-order valence-electron chi connectivity index (χ1n) is 9.65. The number of carbonyl (C=O) groups is 1. The molecule has 0 aliphatic carbocycles. The zero-order valence-electron chi connectivity index (χ0n) is 17.3. The van der Waals surface area contributed by atoms with Gasteiger partial charge in [-0.1, -0.05) is 51.1 Å². The van der Waals surface area contributed by atoms with Crippen molar-refractivity contribution >= 4 is 27.3 Å².